The molecule has 0 heterocycles. The Morgan fingerprint density at radius 3 is 1.97 bits per heavy atom. The van der Waals surface area contributed by atoms with Crippen molar-refractivity contribution in [2.75, 3.05) is 26.4 Å². The predicted molar refractivity (Wildman–Crippen MR) is 109 cm³/mol. The highest BCUT2D eigenvalue weighted by Crippen LogP contribution is 2.06. The van der Waals surface area contributed by atoms with Crippen molar-refractivity contribution >= 4 is 11.9 Å². The first-order chi connectivity index (χ1) is 14.1. The molecule has 0 saturated heterocycles. The van der Waals surface area contributed by atoms with Gasteiger partial charge in [0.2, 0.25) is 0 Å². The number of hydrogen-bond donors (Lipinski definition) is 2. The molecular formula is C22H34O7. The summed E-state index contributed by atoms with van der Waals surface area (Å²) in [7, 11) is 0. The zero-order valence-corrected chi connectivity index (χ0v) is 17.1. The van der Waals surface area contributed by atoms with Crippen LogP contribution < -0.4 is 0 Å². The average Bonchev–Trinajstić information content (AvgIpc) is 2.69. The van der Waals surface area contributed by atoms with Gasteiger partial charge in [-0.15, -0.1) is 0 Å². The molecule has 1 atom stereocenters. The predicted octanol–water partition coefficient (Wildman–Crippen LogP) is 3.90. The molecule has 7 nitrogen and oxygen atoms in total. The molecule has 0 aliphatic carbocycles. The van der Waals surface area contributed by atoms with Crippen LogP contribution in [0.3, 0.4) is 0 Å². The summed E-state index contributed by atoms with van der Waals surface area (Å²) in [5.74, 6) is -1.53. The third-order valence-electron chi connectivity index (χ3n) is 4.29. The Morgan fingerprint density at radius 1 is 0.759 bits per heavy atom. The van der Waals surface area contributed by atoms with Gasteiger partial charge < -0.3 is 24.4 Å². The van der Waals surface area contributed by atoms with E-state index in [0.29, 0.717) is 45.9 Å². The molecule has 2 N–H and O–H groups in total. The van der Waals surface area contributed by atoms with E-state index in [0.717, 1.165) is 31.2 Å². The van der Waals surface area contributed by atoms with Gasteiger partial charge in [-0.25, -0.2) is 0 Å². The van der Waals surface area contributed by atoms with E-state index in [9.17, 15) is 9.59 Å². The zero-order chi connectivity index (χ0) is 21.2. The summed E-state index contributed by atoms with van der Waals surface area (Å²) in [6.07, 6.45) is 4.78. The Bertz CT molecular complexity index is 547. The lowest BCUT2D eigenvalue weighted by molar-refractivity contribution is -0.138. The smallest absolute Gasteiger partial charge is 0.303 e. The molecule has 29 heavy (non-hydrogen) atoms. The second-order valence-corrected chi connectivity index (χ2v) is 6.98. The molecule has 1 rings (SSSR count). The zero-order valence-electron chi connectivity index (χ0n) is 17.1. The number of carboxylic acids is 2. The fraction of sp³-hybridized carbons (Fsp3) is 0.636. The number of benzene rings is 1. The molecule has 0 aromatic heterocycles. The maximum atomic E-state index is 10.5. The summed E-state index contributed by atoms with van der Waals surface area (Å²) in [6.45, 7) is 2.46. The minimum Gasteiger partial charge on any atom is -0.481 e. The van der Waals surface area contributed by atoms with Crippen LogP contribution in [0.4, 0.5) is 0 Å². The first-order valence-electron chi connectivity index (χ1n) is 10.3. The first kappa shape index (κ1) is 25.1. The van der Waals surface area contributed by atoms with Gasteiger partial charge in [-0.2, -0.15) is 0 Å². The second-order valence-electron chi connectivity index (χ2n) is 6.98. The van der Waals surface area contributed by atoms with Gasteiger partial charge in [0.25, 0.3) is 0 Å². The lowest BCUT2D eigenvalue weighted by atomic mass is 10.2. The molecule has 7 heteroatoms. The topological polar surface area (TPSA) is 102 Å². The van der Waals surface area contributed by atoms with Crippen LogP contribution in [0.1, 0.15) is 56.9 Å². The van der Waals surface area contributed by atoms with E-state index in [1.807, 2.05) is 30.3 Å². The fourth-order valence-corrected chi connectivity index (χ4v) is 2.70. The summed E-state index contributed by atoms with van der Waals surface area (Å²) < 4.78 is 17.3. The maximum absolute atomic E-state index is 10.5. The van der Waals surface area contributed by atoms with Crippen molar-refractivity contribution in [2.24, 2.45) is 0 Å². The number of aliphatic carboxylic acids is 2. The minimum absolute atomic E-state index is 0.183. The molecule has 1 aromatic carbocycles. The van der Waals surface area contributed by atoms with Crippen LogP contribution in [0.5, 0.6) is 0 Å². The van der Waals surface area contributed by atoms with Gasteiger partial charge in [-0.3, -0.25) is 9.59 Å². The summed E-state index contributed by atoms with van der Waals surface area (Å²) >= 11 is 0. The van der Waals surface area contributed by atoms with Crippen LogP contribution in [-0.4, -0.2) is 54.7 Å². The number of rotatable bonds is 19. The average molecular weight is 411 g/mol. The summed E-state index contributed by atoms with van der Waals surface area (Å²) in [4.78, 5) is 21.0. The summed E-state index contributed by atoms with van der Waals surface area (Å²) in [6, 6.07) is 9.91. The van der Waals surface area contributed by atoms with Crippen molar-refractivity contribution in [3.8, 4) is 0 Å². The fourth-order valence-electron chi connectivity index (χ4n) is 2.70. The van der Waals surface area contributed by atoms with E-state index in [2.05, 4.69) is 0 Å². The molecule has 0 aliphatic rings. The van der Waals surface area contributed by atoms with Crippen molar-refractivity contribution in [1.82, 2.24) is 0 Å². The van der Waals surface area contributed by atoms with E-state index in [1.54, 1.807) is 0 Å². The van der Waals surface area contributed by atoms with E-state index >= 15 is 0 Å². The van der Waals surface area contributed by atoms with Crippen LogP contribution >= 0.6 is 0 Å². The van der Waals surface area contributed by atoms with E-state index in [4.69, 9.17) is 24.4 Å². The maximum Gasteiger partial charge on any atom is 0.303 e. The largest absolute Gasteiger partial charge is 0.481 e. The Morgan fingerprint density at radius 2 is 1.34 bits per heavy atom. The molecule has 0 fully saturated rings. The Hall–Kier alpha value is -1.96. The van der Waals surface area contributed by atoms with Crippen LogP contribution in [0.25, 0.3) is 0 Å². The van der Waals surface area contributed by atoms with Crippen molar-refractivity contribution in [2.45, 2.75) is 64.1 Å². The van der Waals surface area contributed by atoms with Crippen LogP contribution in [-0.2, 0) is 30.4 Å². The van der Waals surface area contributed by atoms with Gasteiger partial charge in [0.05, 0.1) is 19.8 Å². The molecule has 0 saturated carbocycles. The molecule has 0 spiro atoms. The minimum atomic E-state index is -0.769. The number of carboxylic acid groups (broad SMARTS) is 2. The molecule has 0 aliphatic heterocycles. The summed E-state index contributed by atoms with van der Waals surface area (Å²) in [5, 5.41) is 17.3. The van der Waals surface area contributed by atoms with Gasteiger partial charge in [0.15, 0.2) is 0 Å². The van der Waals surface area contributed by atoms with E-state index in [-0.39, 0.29) is 18.9 Å². The van der Waals surface area contributed by atoms with Gasteiger partial charge in [0.1, 0.15) is 6.10 Å². The monoisotopic (exact) mass is 410 g/mol. The van der Waals surface area contributed by atoms with Gasteiger partial charge in [-0.1, -0.05) is 43.2 Å². The van der Waals surface area contributed by atoms with E-state index in [1.165, 1.54) is 0 Å². The van der Waals surface area contributed by atoms with Crippen molar-refractivity contribution in [3.63, 3.8) is 0 Å². The molecule has 164 valence electrons. The Kier molecular flexibility index (Phi) is 14.7. The third kappa shape index (κ3) is 15.6. The van der Waals surface area contributed by atoms with Gasteiger partial charge >= 0.3 is 11.9 Å². The molecule has 1 unspecified atom stereocenters. The molecule has 0 bridgehead atoms. The van der Waals surface area contributed by atoms with Crippen molar-refractivity contribution < 1.29 is 34.0 Å². The third-order valence-corrected chi connectivity index (χ3v) is 4.29. The summed E-state index contributed by atoms with van der Waals surface area (Å²) in [5.41, 5.74) is 1.10. The number of hydrogen-bond acceptors (Lipinski definition) is 5. The van der Waals surface area contributed by atoms with Gasteiger partial charge in [-0.05, 0) is 31.2 Å². The quantitative estimate of drug-likeness (QED) is 0.334. The SMILES string of the molecule is O=C(O)CCCCCOCC(COCc1ccccc1)OCCCCCC(=O)O. The van der Waals surface area contributed by atoms with Crippen molar-refractivity contribution in [3.05, 3.63) is 35.9 Å². The van der Waals surface area contributed by atoms with Crippen LogP contribution in [0.15, 0.2) is 30.3 Å². The molecular weight excluding hydrogens is 376 g/mol. The number of unbranched alkanes of at least 4 members (excludes halogenated alkanes) is 4. The molecule has 0 radical (unpaired) electrons. The Balaban J connectivity index is 2.22. The second kappa shape index (κ2) is 16.9. The molecule has 1 aromatic rings. The van der Waals surface area contributed by atoms with Crippen LogP contribution in [0, 0.1) is 0 Å². The highest BCUT2D eigenvalue weighted by atomic mass is 16.6. The number of ether oxygens (including phenoxy) is 3. The standard InChI is InChI=1S/C22H34O7/c23-21(24)12-6-2-8-14-27-17-20(29-15-9-3-7-13-22(25)26)18-28-16-19-10-4-1-5-11-19/h1,4-5,10-11,20H,2-3,6-9,12-18H2,(H,23,24)(H,25,26). The Labute approximate surface area is 173 Å². The first-order valence-corrected chi connectivity index (χ1v) is 10.3. The highest BCUT2D eigenvalue weighted by Gasteiger charge is 2.10. The van der Waals surface area contributed by atoms with Crippen molar-refractivity contribution in [1.29, 1.82) is 0 Å². The lowest BCUT2D eigenvalue weighted by Gasteiger charge is -2.18. The normalized spacial score (nSPS) is 12.0. The molecule has 0 amide bonds. The van der Waals surface area contributed by atoms with Gasteiger partial charge in [0, 0.05) is 26.1 Å². The van der Waals surface area contributed by atoms with Crippen LogP contribution in [0.2, 0.25) is 0 Å². The number of carbonyl (C=O) groups is 2. The highest BCUT2D eigenvalue weighted by molar-refractivity contribution is 5.66. The lowest BCUT2D eigenvalue weighted by Crippen LogP contribution is -2.26. The van der Waals surface area contributed by atoms with E-state index < -0.39 is 11.9 Å².